The van der Waals surface area contributed by atoms with Crippen LogP contribution in [0.2, 0.25) is 0 Å². The smallest absolute Gasteiger partial charge is 0.748 e. The second-order valence-electron chi connectivity index (χ2n) is 6.51. The molecule has 0 aliphatic rings. The average molecular weight is 359 g/mol. The van der Waals surface area contributed by atoms with Crippen LogP contribution in [0.25, 0.3) is 0 Å². The third-order valence-electron chi connectivity index (χ3n) is 4.19. The van der Waals surface area contributed by atoms with Gasteiger partial charge in [-0.25, -0.2) is 8.42 Å². The van der Waals surface area contributed by atoms with E-state index in [-0.39, 0.29) is 35.7 Å². The molecule has 0 heterocycles. The summed E-state index contributed by atoms with van der Waals surface area (Å²) in [7, 11) is -4.18. The van der Waals surface area contributed by atoms with Crippen molar-refractivity contribution >= 4 is 10.1 Å². The first-order chi connectivity index (χ1) is 10.4. The molecular formula is C17H35NaO4S. The molecule has 0 aliphatic heterocycles. The number of aliphatic hydroxyl groups excluding tert-OH is 1. The van der Waals surface area contributed by atoms with Crippen LogP contribution in [0, 0.1) is 0 Å². The van der Waals surface area contributed by atoms with E-state index in [0.29, 0.717) is 25.7 Å². The van der Waals surface area contributed by atoms with E-state index in [9.17, 15) is 18.1 Å². The molecule has 0 saturated carbocycles. The first kappa shape index (κ1) is 26.1. The molecule has 0 fully saturated rings. The summed E-state index contributed by atoms with van der Waals surface area (Å²) in [5.74, 6) is 0. The molecule has 0 aromatic heterocycles. The summed E-state index contributed by atoms with van der Waals surface area (Å²) in [4.78, 5) is 0. The topological polar surface area (TPSA) is 77.4 Å². The summed E-state index contributed by atoms with van der Waals surface area (Å²) in [6.07, 6.45) is 12.0. The summed E-state index contributed by atoms with van der Waals surface area (Å²) in [5, 5.41) is 8.44. The largest absolute Gasteiger partial charge is 1.00 e. The van der Waals surface area contributed by atoms with E-state index in [2.05, 4.69) is 6.92 Å². The molecule has 134 valence electrons. The molecule has 23 heavy (non-hydrogen) atoms. The van der Waals surface area contributed by atoms with Gasteiger partial charge in [0.15, 0.2) is 0 Å². The van der Waals surface area contributed by atoms with Crippen molar-refractivity contribution in [2.24, 2.45) is 0 Å². The van der Waals surface area contributed by atoms with Crippen molar-refractivity contribution in [1.29, 1.82) is 0 Å². The maximum Gasteiger partial charge on any atom is 1.00 e. The fraction of sp³-hybridized carbons (Fsp3) is 1.00. The molecule has 2 unspecified atom stereocenters. The van der Waals surface area contributed by atoms with Crippen molar-refractivity contribution in [3.63, 3.8) is 0 Å². The molecule has 0 bridgehead atoms. The Hall–Kier alpha value is 0.870. The van der Waals surface area contributed by atoms with Gasteiger partial charge in [-0.05, 0) is 26.2 Å². The molecule has 0 aromatic carbocycles. The number of hydrogen-bond donors (Lipinski definition) is 1. The summed E-state index contributed by atoms with van der Waals surface area (Å²) in [5.41, 5.74) is 0. The van der Waals surface area contributed by atoms with E-state index in [0.717, 1.165) is 25.7 Å². The third kappa shape index (κ3) is 17.5. The van der Waals surface area contributed by atoms with E-state index in [4.69, 9.17) is 0 Å². The quantitative estimate of drug-likeness (QED) is 0.272. The van der Waals surface area contributed by atoms with Gasteiger partial charge in [-0.15, -0.1) is 0 Å². The van der Waals surface area contributed by atoms with Gasteiger partial charge in [-0.3, -0.25) is 0 Å². The Morgan fingerprint density at radius 3 is 1.65 bits per heavy atom. The van der Waals surface area contributed by atoms with Crippen LogP contribution >= 0.6 is 0 Å². The maximum atomic E-state index is 11.3. The average Bonchev–Trinajstić information content (AvgIpc) is 2.42. The normalized spacial score (nSPS) is 14.3. The minimum absolute atomic E-state index is 0. The molecule has 0 amide bonds. The number of hydrogen-bond acceptors (Lipinski definition) is 4. The Balaban J connectivity index is 0. The Bertz CT molecular complexity index is 345. The fourth-order valence-corrected chi connectivity index (χ4v) is 3.66. The van der Waals surface area contributed by atoms with Crippen molar-refractivity contribution in [3.05, 3.63) is 0 Å². The molecular weight excluding hydrogens is 323 g/mol. The van der Waals surface area contributed by atoms with Gasteiger partial charge in [0.25, 0.3) is 0 Å². The molecule has 0 aromatic rings. The molecule has 0 rings (SSSR count). The van der Waals surface area contributed by atoms with Gasteiger partial charge in [0, 0.05) is 5.25 Å². The Labute approximate surface area is 165 Å². The van der Waals surface area contributed by atoms with Crippen LogP contribution in [-0.4, -0.2) is 29.4 Å². The van der Waals surface area contributed by atoms with Gasteiger partial charge in [0.2, 0.25) is 0 Å². The van der Waals surface area contributed by atoms with Gasteiger partial charge >= 0.3 is 29.6 Å². The third-order valence-corrected chi connectivity index (χ3v) is 5.47. The first-order valence-electron chi connectivity index (χ1n) is 9.00. The van der Waals surface area contributed by atoms with Crippen LogP contribution in [0.3, 0.4) is 0 Å². The van der Waals surface area contributed by atoms with Crippen LogP contribution in [0.4, 0.5) is 0 Å². The molecule has 4 nitrogen and oxygen atoms in total. The number of aliphatic hydroxyl groups is 1. The molecule has 0 spiro atoms. The summed E-state index contributed by atoms with van der Waals surface area (Å²) >= 11 is 0. The zero-order valence-corrected chi connectivity index (χ0v) is 18.2. The van der Waals surface area contributed by atoms with E-state index < -0.39 is 15.4 Å². The Morgan fingerprint density at radius 2 is 1.22 bits per heavy atom. The first-order valence-corrected chi connectivity index (χ1v) is 10.5. The van der Waals surface area contributed by atoms with Crippen molar-refractivity contribution < 1.29 is 47.6 Å². The second-order valence-corrected chi connectivity index (χ2v) is 8.16. The van der Waals surface area contributed by atoms with Crippen molar-refractivity contribution in [3.8, 4) is 0 Å². The molecule has 2 atom stereocenters. The van der Waals surface area contributed by atoms with E-state index >= 15 is 0 Å². The summed E-state index contributed by atoms with van der Waals surface area (Å²) in [6, 6.07) is 0. The van der Waals surface area contributed by atoms with E-state index in [1.54, 1.807) is 6.92 Å². The van der Waals surface area contributed by atoms with Crippen LogP contribution < -0.4 is 29.6 Å². The van der Waals surface area contributed by atoms with Crippen LogP contribution in [-0.2, 0) is 10.1 Å². The SMILES string of the molecule is CCCCCCCCCCC(CCCCC(C)O)S(=O)(=O)[O-].[Na+]. The number of rotatable bonds is 15. The van der Waals surface area contributed by atoms with E-state index in [1.807, 2.05) is 0 Å². The van der Waals surface area contributed by atoms with Crippen molar-refractivity contribution in [2.75, 3.05) is 0 Å². The monoisotopic (exact) mass is 358 g/mol. The fourth-order valence-electron chi connectivity index (χ4n) is 2.75. The van der Waals surface area contributed by atoms with Crippen LogP contribution in [0.1, 0.15) is 97.3 Å². The Morgan fingerprint density at radius 1 is 0.826 bits per heavy atom. The number of unbranched alkanes of at least 4 members (excludes halogenated alkanes) is 8. The molecule has 0 radical (unpaired) electrons. The van der Waals surface area contributed by atoms with Gasteiger partial charge < -0.3 is 9.66 Å². The Kier molecular flexibility index (Phi) is 18.5. The van der Waals surface area contributed by atoms with Gasteiger partial charge in [-0.2, -0.15) is 0 Å². The van der Waals surface area contributed by atoms with Crippen molar-refractivity contribution in [2.45, 2.75) is 109 Å². The molecule has 6 heteroatoms. The molecule has 0 aliphatic carbocycles. The predicted molar refractivity (Wildman–Crippen MR) is 90.9 cm³/mol. The summed E-state index contributed by atoms with van der Waals surface area (Å²) in [6.45, 7) is 3.92. The predicted octanol–water partition coefficient (Wildman–Crippen LogP) is 1.38. The zero-order chi connectivity index (χ0) is 16.8. The summed E-state index contributed by atoms with van der Waals surface area (Å²) < 4.78 is 33.9. The van der Waals surface area contributed by atoms with Gasteiger partial charge in [0.1, 0.15) is 0 Å². The molecule has 1 N–H and O–H groups in total. The minimum Gasteiger partial charge on any atom is -0.748 e. The molecule has 0 saturated heterocycles. The second kappa shape index (κ2) is 16.3. The maximum absolute atomic E-state index is 11.3. The minimum atomic E-state index is -4.18. The van der Waals surface area contributed by atoms with Gasteiger partial charge in [-0.1, -0.05) is 71.1 Å². The van der Waals surface area contributed by atoms with Crippen LogP contribution in [0.15, 0.2) is 0 Å². The van der Waals surface area contributed by atoms with Gasteiger partial charge in [0.05, 0.1) is 16.2 Å². The standard InChI is InChI=1S/C17H36O4S.Na/c1-3-4-5-6-7-8-9-10-14-17(22(19,20)21)15-12-11-13-16(2)18;/h16-18H,3-15H2,1-2H3,(H,19,20,21);/q;+1/p-1. The van der Waals surface area contributed by atoms with E-state index in [1.165, 1.54) is 32.1 Å². The zero-order valence-electron chi connectivity index (χ0n) is 15.4. The van der Waals surface area contributed by atoms with Crippen molar-refractivity contribution in [1.82, 2.24) is 0 Å². The van der Waals surface area contributed by atoms with Crippen LogP contribution in [0.5, 0.6) is 0 Å².